The van der Waals surface area contributed by atoms with Crippen LogP contribution in [-0.4, -0.2) is 25.5 Å². The normalized spacial score (nSPS) is 11.4. The molecule has 0 bridgehead atoms. The summed E-state index contributed by atoms with van der Waals surface area (Å²) in [6.45, 7) is 1.64. The van der Waals surface area contributed by atoms with E-state index >= 15 is 0 Å². The SMILES string of the molecule is Cc1nnsc1C(=O)Nc1cnc(-c2cc(C(F)(F)F)ccc2Cl)cn1. The molecular formula is C15H9ClF3N5OS. The van der Waals surface area contributed by atoms with E-state index in [1.165, 1.54) is 12.4 Å². The van der Waals surface area contributed by atoms with Gasteiger partial charge in [-0.1, -0.05) is 16.1 Å². The lowest BCUT2D eigenvalue weighted by atomic mass is 10.1. The maximum Gasteiger partial charge on any atom is 0.416 e. The number of hydrogen-bond donors (Lipinski definition) is 1. The number of rotatable bonds is 3. The highest BCUT2D eigenvalue weighted by Gasteiger charge is 2.31. The van der Waals surface area contributed by atoms with Crippen LogP contribution in [0.5, 0.6) is 0 Å². The van der Waals surface area contributed by atoms with Crippen molar-refractivity contribution in [2.75, 3.05) is 5.32 Å². The number of nitrogens with one attached hydrogen (secondary N) is 1. The number of aryl methyl sites for hydroxylation is 1. The standard InChI is InChI=1S/C15H9ClF3N5OS/c1-7-13(26-24-23-7)14(25)22-12-6-20-11(5-21-12)9-4-8(15(17,18)19)2-3-10(9)16/h2-6H,1H3,(H,21,22,25). The molecule has 2 aromatic heterocycles. The van der Waals surface area contributed by atoms with Gasteiger partial charge in [-0.25, -0.2) is 4.98 Å². The summed E-state index contributed by atoms with van der Waals surface area (Å²) in [6, 6.07) is 2.94. The van der Waals surface area contributed by atoms with Crippen LogP contribution in [0.25, 0.3) is 11.3 Å². The Kier molecular flexibility index (Phi) is 4.88. The van der Waals surface area contributed by atoms with Gasteiger partial charge in [0.2, 0.25) is 0 Å². The van der Waals surface area contributed by atoms with Crippen molar-refractivity contribution in [3.8, 4) is 11.3 Å². The fourth-order valence-corrected chi connectivity index (χ4v) is 2.81. The van der Waals surface area contributed by atoms with Gasteiger partial charge >= 0.3 is 6.18 Å². The Balaban J connectivity index is 1.84. The van der Waals surface area contributed by atoms with Gasteiger partial charge in [0.1, 0.15) is 4.88 Å². The maximum atomic E-state index is 12.9. The van der Waals surface area contributed by atoms with Gasteiger partial charge in [-0.15, -0.1) is 5.10 Å². The van der Waals surface area contributed by atoms with E-state index in [1.54, 1.807) is 6.92 Å². The van der Waals surface area contributed by atoms with Gasteiger partial charge in [0.25, 0.3) is 5.91 Å². The van der Waals surface area contributed by atoms with Crippen LogP contribution >= 0.6 is 23.1 Å². The van der Waals surface area contributed by atoms with E-state index in [2.05, 4.69) is 24.9 Å². The summed E-state index contributed by atoms with van der Waals surface area (Å²) in [7, 11) is 0. The predicted molar refractivity (Wildman–Crippen MR) is 90.1 cm³/mol. The second kappa shape index (κ2) is 6.96. The van der Waals surface area contributed by atoms with Crippen molar-refractivity contribution in [3.05, 3.63) is 51.7 Å². The molecule has 0 aliphatic rings. The third-order valence-corrected chi connectivity index (χ3v) is 4.48. The largest absolute Gasteiger partial charge is 0.416 e. The number of aromatic nitrogens is 4. The van der Waals surface area contributed by atoms with Crippen LogP contribution < -0.4 is 5.32 Å². The first-order valence-corrected chi connectivity index (χ1v) is 8.20. The molecule has 1 amide bonds. The molecule has 3 rings (SSSR count). The number of nitrogens with zero attached hydrogens (tertiary/aromatic N) is 4. The van der Waals surface area contributed by atoms with Gasteiger partial charge in [-0.2, -0.15) is 13.2 Å². The van der Waals surface area contributed by atoms with Crippen molar-refractivity contribution in [3.63, 3.8) is 0 Å². The van der Waals surface area contributed by atoms with Crippen LogP contribution in [0.3, 0.4) is 0 Å². The molecule has 0 spiro atoms. The average molecular weight is 400 g/mol. The summed E-state index contributed by atoms with van der Waals surface area (Å²) in [5.41, 5.74) is -0.124. The summed E-state index contributed by atoms with van der Waals surface area (Å²) in [5.74, 6) is -0.314. The molecule has 0 radical (unpaired) electrons. The van der Waals surface area contributed by atoms with Crippen LogP contribution in [0, 0.1) is 6.92 Å². The molecule has 134 valence electrons. The molecule has 0 unspecified atom stereocenters. The predicted octanol–water partition coefficient (Wildman–Crippen LogP) is 4.23. The minimum atomic E-state index is -4.50. The van der Waals surface area contributed by atoms with E-state index in [0.29, 0.717) is 10.6 Å². The molecule has 0 atom stereocenters. The van der Waals surface area contributed by atoms with Crippen molar-refractivity contribution < 1.29 is 18.0 Å². The lowest BCUT2D eigenvalue weighted by Gasteiger charge is -2.10. The average Bonchev–Trinajstić information content (AvgIpc) is 3.01. The molecule has 1 aromatic carbocycles. The summed E-state index contributed by atoms with van der Waals surface area (Å²) in [6.07, 6.45) is -2.04. The van der Waals surface area contributed by atoms with E-state index < -0.39 is 17.6 Å². The van der Waals surface area contributed by atoms with Crippen molar-refractivity contribution in [2.45, 2.75) is 13.1 Å². The number of hydrogen-bond acceptors (Lipinski definition) is 6. The fourth-order valence-electron chi connectivity index (χ4n) is 2.04. The zero-order valence-corrected chi connectivity index (χ0v) is 14.6. The lowest BCUT2D eigenvalue weighted by molar-refractivity contribution is -0.137. The molecule has 11 heteroatoms. The molecule has 26 heavy (non-hydrogen) atoms. The van der Waals surface area contributed by atoms with Crippen molar-refractivity contribution >= 4 is 34.9 Å². The molecule has 0 saturated carbocycles. The molecule has 0 aliphatic carbocycles. The zero-order chi connectivity index (χ0) is 18.9. The lowest BCUT2D eigenvalue weighted by Crippen LogP contribution is -2.13. The second-order valence-corrected chi connectivity index (χ2v) is 6.28. The fraction of sp³-hybridized carbons (Fsp3) is 0.133. The van der Waals surface area contributed by atoms with Gasteiger partial charge < -0.3 is 5.32 Å². The Morgan fingerprint density at radius 2 is 2.00 bits per heavy atom. The number of halogens is 4. The monoisotopic (exact) mass is 399 g/mol. The highest BCUT2D eigenvalue weighted by Crippen LogP contribution is 2.35. The minimum Gasteiger partial charge on any atom is -0.304 e. The smallest absolute Gasteiger partial charge is 0.304 e. The molecule has 6 nitrogen and oxygen atoms in total. The van der Waals surface area contributed by atoms with E-state index in [0.717, 1.165) is 29.7 Å². The summed E-state index contributed by atoms with van der Waals surface area (Å²) in [4.78, 5) is 20.4. The summed E-state index contributed by atoms with van der Waals surface area (Å²) < 4.78 is 42.2. The molecular weight excluding hydrogens is 391 g/mol. The quantitative estimate of drug-likeness (QED) is 0.713. The van der Waals surface area contributed by atoms with Gasteiger partial charge in [-0.05, 0) is 36.7 Å². The van der Waals surface area contributed by atoms with E-state index in [4.69, 9.17) is 11.6 Å². The van der Waals surface area contributed by atoms with Gasteiger partial charge in [0.05, 0.1) is 34.4 Å². The molecule has 2 heterocycles. The van der Waals surface area contributed by atoms with Crippen molar-refractivity contribution in [1.29, 1.82) is 0 Å². The third kappa shape index (κ3) is 3.81. The Hall–Kier alpha value is -2.59. The van der Waals surface area contributed by atoms with Crippen molar-refractivity contribution in [1.82, 2.24) is 19.6 Å². The van der Waals surface area contributed by atoms with Crippen LogP contribution in [0.2, 0.25) is 5.02 Å². The van der Waals surface area contributed by atoms with E-state index in [1.807, 2.05) is 0 Å². The molecule has 1 N–H and O–H groups in total. The first-order chi connectivity index (χ1) is 12.3. The molecule has 3 aromatic rings. The van der Waals surface area contributed by atoms with E-state index in [9.17, 15) is 18.0 Å². The van der Waals surface area contributed by atoms with Gasteiger partial charge in [0.15, 0.2) is 5.82 Å². The van der Waals surface area contributed by atoms with Crippen LogP contribution in [0.4, 0.5) is 19.0 Å². The molecule has 0 fully saturated rings. The van der Waals surface area contributed by atoms with Crippen LogP contribution in [0.1, 0.15) is 20.9 Å². The Bertz CT molecular complexity index is 959. The van der Waals surface area contributed by atoms with Gasteiger partial charge in [-0.3, -0.25) is 9.78 Å². The number of carbonyl (C=O) groups excluding carboxylic acids is 1. The number of carbonyl (C=O) groups is 1. The molecule has 0 aliphatic heterocycles. The van der Waals surface area contributed by atoms with Gasteiger partial charge in [0, 0.05) is 5.56 Å². The Morgan fingerprint density at radius 1 is 1.23 bits per heavy atom. The summed E-state index contributed by atoms with van der Waals surface area (Å²) >= 11 is 6.91. The summed E-state index contributed by atoms with van der Waals surface area (Å²) in [5, 5.41) is 6.36. The Morgan fingerprint density at radius 3 is 2.58 bits per heavy atom. The van der Waals surface area contributed by atoms with Crippen LogP contribution in [0.15, 0.2) is 30.6 Å². The minimum absolute atomic E-state index is 0.0920. The number of anilines is 1. The van der Waals surface area contributed by atoms with Crippen molar-refractivity contribution in [2.24, 2.45) is 0 Å². The Labute approximate surface area is 154 Å². The van der Waals surface area contributed by atoms with E-state index in [-0.39, 0.29) is 22.1 Å². The topological polar surface area (TPSA) is 80.7 Å². The second-order valence-electron chi connectivity index (χ2n) is 5.12. The maximum absolute atomic E-state index is 12.9. The highest BCUT2D eigenvalue weighted by molar-refractivity contribution is 7.08. The molecule has 0 saturated heterocycles. The van der Waals surface area contributed by atoms with Crippen LogP contribution in [-0.2, 0) is 6.18 Å². The first-order valence-electron chi connectivity index (χ1n) is 7.05. The highest BCUT2D eigenvalue weighted by atomic mass is 35.5. The number of amides is 1. The number of benzene rings is 1. The third-order valence-electron chi connectivity index (χ3n) is 3.32. The number of alkyl halides is 3. The zero-order valence-electron chi connectivity index (χ0n) is 13.0. The first kappa shape index (κ1) is 18.2.